The van der Waals surface area contributed by atoms with Crippen LogP contribution in [-0.4, -0.2) is 29.6 Å². The molecule has 1 heterocycles. The maximum Gasteiger partial charge on any atom is 0.417 e. The van der Waals surface area contributed by atoms with E-state index >= 15 is 0 Å². The van der Waals surface area contributed by atoms with Crippen molar-refractivity contribution < 1.29 is 27.5 Å². The summed E-state index contributed by atoms with van der Waals surface area (Å²) in [5, 5.41) is 1.70. The lowest BCUT2D eigenvalue weighted by molar-refractivity contribution is -0.145. The van der Waals surface area contributed by atoms with Crippen LogP contribution in [-0.2, 0) is 33.5 Å². The van der Waals surface area contributed by atoms with Gasteiger partial charge in [-0.2, -0.15) is 13.2 Å². The number of carbonyl (C=O) groups is 2. The van der Waals surface area contributed by atoms with E-state index < -0.39 is 46.8 Å². The number of halogens is 4. The van der Waals surface area contributed by atoms with Crippen molar-refractivity contribution in [1.29, 1.82) is 0 Å². The number of esters is 1. The molecule has 6 nitrogen and oxygen atoms in total. The van der Waals surface area contributed by atoms with Crippen molar-refractivity contribution >= 4 is 23.5 Å². The molecule has 0 aliphatic rings. The number of alkyl halides is 3. The second-order valence-corrected chi connectivity index (χ2v) is 6.25. The molecule has 28 heavy (non-hydrogen) atoms. The van der Waals surface area contributed by atoms with Gasteiger partial charge in [-0.1, -0.05) is 41.9 Å². The van der Waals surface area contributed by atoms with E-state index in [2.05, 4.69) is 10.1 Å². The molecule has 0 aliphatic carbocycles. The molecule has 1 N–H and O–H groups in total. The second-order valence-electron chi connectivity index (χ2n) is 5.84. The zero-order valence-electron chi connectivity index (χ0n) is 14.6. The van der Waals surface area contributed by atoms with Gasteiger partial charge in [0.2, 0.25) is 5.91 Å². The van der Waals surface area contributed by atoms with Gasteiger partial charge in [0, 0.05) is 12.6 Å². The van der Waals surface area contributed by atoms with Crippen molar-refractivity contribution in [3.05, 3.63) is 69.1 Å². The van der Waals surface area contributed by atoms with Gasteiger partial charge in [-0.3, -0.25) is 9.59 Å². The number of hydrogen-bond donors (Lipinski definition) is 1. The third-order valence-corrected chi connectivity index (χ3v) is 4.06. The number of benzene rings is 1. The van der Waals surface area contributed by atoms with Gasteiger partial charge in [0.05, 0.1) is 12.7 Å². The lowest BCUT2D eigenvalue weighted by Crippen LogP contribution is -2.45. The van der Waals surface area contributed by atoms with Crippen molar-refractivity contribution in [2.45, 2.75) is 25.2 Å². The lowest BCUT2D eigenvalue weighted by atomic mass is 10.1. The van der Waals surface area contributed by atoms with Crippen molar-refractivity contribution in [2.75, 3.05) is 7.11 Å². The average Bonchev–Trinajstić information content (AvgIpc) is 2.64. The summed E-state index contributed by atoms with van der Waals surface area (Å²) < 4.78 is 43.8. The van der Waals surface area contributed by atoms with Crippen molar-refractivity contribution in [3.8, 4) is 0 Å². The molecule has 0 saturated heterocycles. The fourth-order valence-corrected chi connectivity index (χ4v) is 2.68. The first kappa shape index (κ1) is 21.5. The zero-order valence-corrected chi connectivity index (χ0v) is 15.4. The number of ether oxygens (including phenoxy) is 1. The van der Waals surface area contributed by atoms with Crippen molar-refractivity contribution in [1.82, 2.24) is 9.88 Å². The van der Waals surface area contributed by atoms with Gasteiger partial charge >= 0.3 is 12.1 Å². The second kappa shape index (κ2) is 8.92. The Morgan fingerprint density at radius 1 is 1.25 bits per heavy atom. The minimum atomic E-state index is -4.74. The molecule has 1 amide bonds. The molecule has 0 aliphatic heterocycles. The van der Waals surface area contributed by atoms with E-state index in [9.17, 15) is 27.6 Å². The fraction of sp³-hybridized carbons (Fsp3) is 0.278. The van der Waals surface area contributed by atoms with Crippen LogP contribution in [0.5, 0.6) is 0 Å². The summed E-state index contributed by atoms with van der Waals surface area (Å²) in [6.45, 7) is -0.745. The van der Waals surface area contributed by atoms with Crippen LogP contribution in [0.4, 0.5) is 13.2 Å². The zero-order chi connectivity index (χ0) is 20.9. The molecule has 1 aromatic heterocycles. The Labute approximate surface area is 162 Å². The van der Waals surface area contributed by atoms with Gasteiger partial charge < -0.3 is 14.6 Å². The van der Waals surface area contributed by atoms with Gasteiger partial charge in [-0.15, -0.1) is 0 Å². The van der Waals surface area contributed by atoms with Crippen molar-refractivity contribution in [2.24, 2.45) is 0 Å². The van der Waals surface area contributed by atoms with E-state index in [0.717, 1.165) is 12.7 Å². The van der Waals surface area contributed by atoms with Gasteiger partial charge in [0.25, 0.3) is 5.56 Å². The van der Waals surface area contributed by atoms with E-state index in [-0.39, 0.29) is 6.42 Å². The minimum Gasteiger partial charge on any atom is -0.467 e. The third kappa shape index (κ3) is 5.59. The smallest absolute Gasteiger partial charge is 0.417 e. The summed E-state index contributed by atoms with van der Waals surface area (Å²) in [6, 6.07) is 8.16. The van der Waals surface area contributed by atoms with E-state index in [4.69, 9.17) is 11.6 Å². The molecular weight excluding hydrogens is 401 g/mol. The van der Waals surface area contributed by atoms with Crippen LogP contribution in [0.3, 0.4) is 0 Å². The fourth-order valence-electron chi connectivity index (χ4n) is 2.45. The summed E-state index contributed by atoms with van der Waals surface area (Å²) in [7, 11) is 1.14. The van der Waals surface area contributed by atoms with Crippen LogP contribution in [0, 0.1) is 0 Å². The quantitative estimate of drug-likeness (QED) is 0.734. The predicted octanol–water partition coefficient (Wildman–Crippen LogP) is 2.42. The van der Waals surface area contributed by atoms with Crippen LogP contribution in [0.1, 0.15) is 11.1 Å². The number of aromatic nitrogens is 1. The van der Waals surface area contributed by atoms with Crippen LogP contribution in [0.25, 0.3) is 0 Å². The van der Waals surface area contributed by atoms with Gasteiger partial charge in [0.1, 0.15) is 17.6 Å². The highest BCUT2D eigenvalue weighted by Crippen LogP contribution is 2.29. The summed E-state index contributed by atoms with van der Waals surface area (Å²) in [4.78, 5) is 36.1. The van der Waals surface area contributed by atoms with Gasteiger partial charge in [-0.25, -0.2) is 4.79 Å². The number of nitrogens with zero attached hydrogens (tertiary/aromatic N) is 1. The first-order valence-electron chi connectivity index (χ1n) is 8.00. The standard InChI is InChI=1S/C18H16ClF3N2O4/c1-28-17(27)14(7-11-5-3-2-4-6-11)23-15(25)10-24-9-12(18(20,21)22)8-13(19)16(24)26/h2-6,8-9,14H,7,10H2,1H3,(H,23,25)/t14-/m1/s1. The number of methoxy groups -OCH3 is 1. The predicted molar refractivity (Wildman–Crippen MR) is 94.8 cm³/mol. The minimum absolute atomic E-state index is 0.109. The summed E-state index contributed by atoms with van der Waals surface area (Å²) in [5.74, 6) is -1.57. The summed E-state index contributed by atoms with van der Waals surface area (Å²) in [5.41, 5.74) is -1.39. The Morgan fingerprint density at radius 2 is 1.89 bits per heavy atom. The Hall–Kier alpha value is -2.81. The van der Waals surface area contributed by atoms with E-state index in [1.54, 1.807) is 30.3 Å². The highest BCUT2D eigenvalue weighted by atomic mass is 35.5. The first-order valence-corrected chi connectivity index (χ1v) is 8.38. The molecule has 0 unspecified atom stereocenters. The molecule has 0 radical (unpaired) electrons. The highest BCUT2D eigenvalue weighted by molar-refractivity contribution is 6.30. The lowest BCUT2D eigenvalue weighted by Gasteiger charge is -2.17. The van der Waals surface area contributed by atoms with Crippen molar-refractivity contribution in [3.63, 3.8) is 0 Å². The molecule has 2 rings (SSSR count). The molecule has 0 spiro atoms. The number of rotatable bonds is 6. The normalized spacial score (nSPS) is 12.3. The SMILES string of the molecule is COC(=O)[C@@H](Cc1ccccc1)NC(=O)Cn1cc(C(F)(F)F)cc(Cl)c1=O. The summed E-state index contributed by atoms with van der Waals surface area (Å²) in [6.07, 6.45) is -4.13. The van der Waals surface area contributed by atoms with Gasteiger partial charge in [-0.05, 0) is 11.6 Å². The number of amides is 1. The third-order valence-electron chi connectivity index (χ3n) is 3.79. The van der Waals surface area contributed by atoms with Crippen LogP contribution in [0.15, 0.2) is 47.4 Å². The summed E-state index contributed by atoms with van der Waals surface area (Å²) >= 11 is 5.56. The Morgan fingerprint density at radius 3 is 2.46 bits per heavy atom. The molecule has 1 atom stereocenters. The molecule has 10 heteroatoms. The number of pyridine rings is 1. The van der Waals surface area contributed by atoms with Gasteiger partial charge in [0.15, 0.2) is 0 Å². The Bertz CT molecular complexity index is 913. The largest absolute Gasteiger partial charge is 0.467 e. The maximum absolute atomic E-state index is 12.9. The Kier molecular flexibility index (Phi) is 6.85. The molecular formula is C18H16ClF3N2O4. The van der Waals surface area contributed by atoms with E-state index in [0.29, 0.717) is 16.8 Å². The number of nitrogens with one attached hydrogen (secondary N) is 1. The molecule has 0 bridgehead atoms. The highest BCUT2D eigenvalue weighted by Gasteiger charge is 2.32. The monoisotopic (exact) mass is 416 g/mol. The van der Waals surface area contributed by atoms with Crippen LogP contribution >= 0.6 is 11.6 Å². The average molecular weight is 417 g/mol. The van der Waals surface area contributed by atoms with Crippen LogP contribution in [0.2, 0.25) is 5.02 Å². The maximum atomic E-state index is 12.9. The number of carbonyl (C=O) groups excluding carboxylic acids is 2. The van der Waals surface area contributed by atoms with E-state index in [1.165, 1.54) is 0 Å². The van der Waals surface area contributed by atoms with E-state index in [1.807, 2.05) is 0 Å². The number of hydrogen-bond acceptors (Lipinski definition) is 4. The molecule has 150 valence electrons. The first-order chi connectivity index (χ1) is 13.1. The molecule has 0 saturated carbocycles. The Balaban J connectivity index is 2.20. The molecule has 0 fully saturated rings. The topological polar surface area (TPSA) is 77.4 Å². The van der Waals surface area contributed by atoms with Crippen LogP contribution < -0.4 is 10.9 Å². The molecule has 2 aromatic rings. The molecule has 1 aromatic carbocycles.